The van der Waals surface area contributed by atoms with Gasteiger partial charge in [0.1, 0.15) is 5.75 Å². The van der Waals surface area contributed by atoms with Crippen LogP contribution < -0.4 is 10.1 Å². The van der Waals surface area contributed by atoms with Crippen LogP contribution in [0, 0.1) is 0 Å². The Morgan fingerprint density at radius 3 is 2.59 bits per heavy atom. The van der Waals surface area contributed by atoms with Gasteiger partial charge in [0.2, 0.25) is 5.88 Å². The zero-order chi connectivity index (χ0) is 18.6. The number of hydrogen-bond donors (Lipinski definition) is 2. The Morgan fingerprint density at radius 1 is 1.07 bits per heavy atom. The molecular formula is C23H25NO3. The van der Waals surface area contributed by atoms with Gasteiger partial charge in [0.15, 0.2) is 11.5 Å². The SMILES string of the molecule is CCCCOc1cccc(-c2c(NC3CC3)oc(-c3ccccc3)c2O)c1. The molecule has 0 saturated heterocycles. The molecule has 140 valence electrons. The average Bonchev–Trinajstić information content (AvgIpc) is 3.45. The van der Waals surface area contributed by atoms with Gasteiger partial charge in [-0.3, -0.25) is 0 Å². The summed E-state index contributed by atoms with van der Waals surface area (Å²) in [5.74, 6) is 2.08. The minimum Gasteiger partial charge on any atom is -0.504 e. The molecule has 1 aliphatic rings. The van der Waals surface area contributed by atoms with Gasteiger partial charge in [-0.15, -0.1) is 0 Å². The summed E-state index contributed by atoms with van der Waals surface area (Å²) < 4.78 is 11.9. The van der Waals surface area contributed by atoms with Crippen LogP contribution in [0.15, 0.2) is 59.0 Å². The lowest BCUT2D eigenvalue weighted by atomic mass is 10.0. The number of unbranched alkanes of at least 4 members (excludes halogenated alkanes) is 1. The Morgan fingerprint density at radius 2 is 1.85 bits per heavy atom. The number of hydrogen-bond acceptors (Lipinski definition) is 4. The largest absolute Gasteiger partial charge is 0.504 e. The molecule has 3 aromatic rings. The number of anilines is 1. The number of furan rings is 1. The molecule has 0 unspecified atom stereocenters. The number of ether oxygens (including phenoxy) is 1. The summed E-state index contributed by atoms with van der Waals surface area (Å²) >= 11 is 0. The highest BCUT2D eigenvalue weighted by Gasteiger charge is 2.28. The summed E-state index contributed by atoms with van der Waals surface area (Å²) in [6.07, 6.45) is 4.37. The van der Waals surface area contributed by atoms with E-state index in [1.807, 2.05) is 54.6 Å². The average molecular weight is 363 g/mol. The minimum absolute atomic E-state index is 0.162. The lowest BCUT2D eigenvalue weighted by Gasteiger charge is -2.09. The summed E-state index contributed by atoms with van der Waals surface area (Å²) in [6, 6.07) is 18.0. The van der Waals surface area contributed by atoms with E-state index in [2.05, 4.69) is 12.2 Å². The van der Waals surface area contributed by atoms with Crippen molar-refractivity contribution in [3.63, 3.8) is 0 Å². The first kappa shape index (κ1) is 17.5. The summed E-state index contributed by atoms with van der Waals surface area (Å²) in [7, 11) is 0. The molecule has 1 aliphatic carbocycles. The van der Waals surface area contributed by atoms with Crippen molar-refractivity contribution in [2.75, 3.05) is 11.9 Å². The molecule has 0 atom stereocenters. The van der Waals surface area contributed by atoms with Crippen molar-refractivity contribution < 1.29 is 14.3 Å². The molecule has 1 aromatic heterocycles. The maximum absolute atomic E-state index is 11.0. The van der Waals surface area contributed by atoms with E-state index in [1.165, 1.54) is 0 Å². The third-order valence-electron chi connectivity index (χ3n) is 4.72. The van der Waals surface area contributed by atoms with Gasteiger partial charge < -0.3 is 19.6 Å². The van der Waals surface area contributed by atoms with Gasteiger partial charge in [-0.2, -0.15) is 0 Å². The molecule has 0 bridgehead atoms. The molecule has 27 heavy (non-hydrogen) atoms. The fourth-order valence-corrected chi connectivity index (χ4v) is 3.07. The second-order valence-electron chi connectivity index (χ2n) is 7.00. The van der Waals surface area contributed by atoms with E-state index < -0.39 is 0 Å². The number of nitrogens with one attached hydrogen (secondary N) is 1. The van der Waals surface area contributed by atoms with Crippen LogP contribution in [0.4, 0.5) is 5.88 Å². The zero-order valence-corrected chi connectivity index (χ0v) is 15.6. The molecule has 2 N–H and O–H groups in total. The van der Waals surface area contributed by atoms with Crippen molar-refractivity contribution in [3.8, 4) is 33.9 Å². The lowest BCUT2D eigenvalue weighted by Crippen LogP contribution is -2.00. The van der Waals surface area contributed by atoms with Gasteiger partial charge in [0, 0.05) is 11.6 Å². The molecule has 1 fully saturated rings. The fraction of sp³-hybridized carbons (Fsp3) is 0.304. The fourth-order valence-electron chi connectivity index (χ4n) is 3.07. The first-order valence-corrected chi connectivity index (χ1v) is 9.67. The molecule has 4 rings (SSSR count). The van der Waals surface area contributed by atoms with E-state index in [1.54, 1.807) is 0 Å². The van der Waals surface area contributed by atoms with Crippen molar-refractivity contribution in [2.24, 2.45) is 0 Å². The van der Waals surface area contributed by atoms with E-state index in [0.29, 0.717) is 29.9 Å². The van der Waals surface area contributed by atoms with Gasteiger partial charge in [0.25, 0.3) is 0 Å². The van der Waals surface area contributed by atoms with E-state index in [-0.39, 0.29) is 5.75 Å². The predicted molar refractivity (Wildman–Crippen MR) is 108 cm³/mol. The number of rotatable bonds is 8. The molecule has 1 saturated carbocycles. The molecule has 1 heterocycles. The van der Waals surface area contributed by atoms with Crippen LogP contribution in [-0.4, -0.2) is 17.8 Å². The van der Waals surface area contributed by atoms with Gasteiger partial charge in [-0.05, 0) is 37.0 Å². The smallest absolute Gasteiger partial charge is 0.205 e. The number of benzene rings is 2. The van der Waals surface area contributed by atoms with E-state index in [0.717, 1.165) is 42.6 Å². The second kappa shape index (κ2) is 7.78. The van der Waals surface area contributed by atoms with Crippen LogP contribution in [0.1, 0.15) is 32.6 Å². The summed E-state index contributed by atoms with van der Waals surface area (Å²) in [5, 5.41) is 14.4. The maximum atomic E-state index is 11.0. The second-order valence-corrected chi connectivity index (χ2v) is 7.00. The normalized spacial score (nSPS) is 13.5. The Hall–Kier alpha value is -2.88. The quantitative estimate of drug-likeness (QED) is 0.477. The van der Waals surface area contributed by atoms with Crippen molar-refractivity contribution in [2.45, 2.75) is 38.6 Å². The van der Waals surface area contributed by atoms with Crippen LogP contribution >= 0.6 is 0 Å². The predicted octanol–water partition coefficient (Wildman–Crippen LogP) is 6.07. The monoisotopic (exact) mass is 363 g/mol. The summed E-state index contributed by atoms with van der Waals surface area (Å²) in [5.41, 5.74) is 2.44. The van der Waals surface area contributed by atoms with Crippen LogP contribution in [0.5, 0.6) is 11.5 Å². The van der Waals surface area contributed by atoms with Crippen molar-refractivity contribution >= 4 is 5.88 Å². The third kappa shape index (κ3) is 3.95. The zero-order valence-electron chi connectivity index (χ0n) is 15.6. The van der Waals surface area contributed by atoms with Crippen LogP contribution in [-0.2, 0) is 0 Å². The maximum Gasteiger partial charge on any atom is 0.205 e. The summed E-state index contributed by atoms with van der Waals surface area (Å²) in [4.78, 5) is 0. The van der Waals surface area contributed by atoms with Crippen LogP contribution in [0.2, 0.25) is 0 Å². The first-order valence-electron chi connectivity index (χ1n) is 9.67. The first-order chi connectivity index (χ1) is 13.3. The van der Waals surface area contributed by atoms with Gasteiger partial charge in [0.05, 0.1) is 12.2 Å². The highest BCUT2D eigenvalue weighted by Crippen LogP contribution is 2.47. The molecule has 4 heteroatoms. The van der Waals surface area contributed by atoms with Crippen LogP contribution in [0.25, 0.3) is 22.5 Å². The molecule has 0 spiro atoms. The molecule has 2 aromatic carbocycles. The van der Waals surface area contributed by atoms with Crippen molar-refractivity contribution in [1.29, 1.82) is 0 Å². The lowest BCUT2D eigenvalue weighted by molar-refractivity contribution is 0.309. The van der Waals surface area contributed by atoms with E-state index >= 15 is 0 Å². The van der Waals surface area contributed by atoms with Crippen LogP contribution in [0.3, 0.4) is 0 Å². The molecule has 0 amide bonds. The Balaban J connectivity index is 1.72. The van der Waals surface area contributed by atoms with Gasteiger partial charge in [-0.1, -0.05) is 55.8 Å². The molecule has 4 nitrogen and oxygen atoms in total. The van der Waals surface area contributed by atoms with Gasteiger partial charge >= 0.3 is 0 Å². The summed E-state index contributed by atoms with van der Waals surface area (Å²) in [6.45, 7) is 2.84. The van der Waals surface area contributed by atoms with Crippen molar-refractivity contribution in [3.05, 3.63) is 54.6 Å². The topological polar surface area (TPSA) is 54.6 Å². The highest BCUT2D eigenvalue weighted by molar-refractivity contribution is 5.87. The Kier molecular flexibility index (Phi) is 5.05. The highest BCUT2D eigenvalue weighted by atomic mass is 16.5. The van der Waals surface area contributed by atoms with Gasteiger partial charge in [-0.25, -0.2) is 0 Å². The molecule has 0 aliphatic heterocycles. The van der Waals surface area contributed by atoms with Crippen molar-refractivity contribution in [1.82, 2.24) is 0 Å². The minimum atomic E-state index is 0.162. The molecular weight excluding hydrogens is 338 g/mol. The third-order valence-corrected chi connectivity index (χ3v) is 4.72. The standard InChI is InChI=1S/C23H25NO3/c1-2-3-14-26-19-11-7-10-17(15-19)20-21(25)22(16-8-5-4-6-9-16)27-23(20)24-18-12-13-18/h4-11,15,18,24-25H,2-3,12-14H2,1H3. The Labute approximate surface area is 159 Å². The Bertz CT molecular complexity index is 897. The van der Waals surface area contributed by atoms with E-state index in [4.69, 9.17) is 9.15 Å². The molecule has 0 radical (unpaired) electrons. The van der Waals surface area contributed by atoms with E-state index in [9.17, 15) is 5.11 Å². The number of aromatic hydroxyl groups is 1.